The highest BCUT2D eigenvalue weighted by Crippen LogP contribution is 2.32. The number of amides is 1. The molecule has 3 N–H and O–H groups in total. The Morgan fingerprint density at radius 1 is 1.50 bits per heavy atom. The Kier molecular flexibility index (Phi) is 3.99. The average Bonchev–Trinajstić information content (AvgIpc) is 2.35. The monoisotopic (exact) mass is 277 g/mol. The molecule has 0 radical (unpaired) electrons. The van der Waals surface area contributed by atoms with Gasteiger partial charge < -0.3 is 15.6 Å². The molecular formula is C15H23N3O2. The molecule has 1 aromatic heterocycles. The molecule has 2 atom stereocenters. The van der Waals surface area contributed by atoms with E-state index in [2.05, 4.69) is 5.32 Å². The molecule has 110 valence electrons. The largest absolute Gasteiger partial charge is 0.325 e. The molecule has 2 rings (SSSR count). The number of anilines is 1. The predicted molar refractivity (Wildman–Crippen MR) is 79.6 cm³/mol. The van der Waals surface area contributed by atoms with Gasteiger partial charge in [-0.1, -0.05) is 12.8 Å². The zero-order chi connectivity index (χ0) is 14.9. The standard InChI is InChI=1S/C15H23N3O2/c1-10-8-13(19)18(3)9-12(10)17-14(20)11-6-4-5-7-15(11,2)16/h8-9,11H,4-7,16H2,1-3H3,(H,17,20). The Morgan fingerprint density at radius 3 is 2.85 bits per heavy atom. The maximum Gasteiger partial charge on any atom is 0.250 e. The Balaban J connectivity index is 2.19. The number of carbonyl (C=O) groups is 1. The molecule has 1 fully saturated rings. The van der Waals surface area contributed by atoms with Crippen molar-refractivity contribution in [3.63, 3.8) is 0 Å². The van der Waals surface area contributed by atoms with Gasteiger partial charge in [-0.2, -0.15) is 0 Å². The number of carbonyl (C=O) groups excluding carboxylic acids is 1. The minimum Gasteiger partial charge on any atom is -0.325 e. The van der Waals surface area contributed by atoms with Gasteiger partial charge in [0.15, 0.2) is 0 Å². The molecule has 0 aliphatic heterocycles. The van der Waals surface area contributed by atoms with E-state index >= 15 is 0 Å². The number of aryl methyl sites for hydroxylation is 2. The van der Waals surface area contributed by atoms with E-state index in [1.54, 1.807) is 13.2 Å². The van der Waals surface area contributed by atoms with Crippen LogP contribution in [0.15, 0.2) is 17.1 Å². The van der Waals surface area contributed by atoms with Crippen molar-refractivity contribution < 1.29 is 4.79 Å². The summed E-state index contributed by atoms with van der Waals surface area (Å²) in [5, 5.41) is 2.92. The summed E-state index contributed by atoms with van der Waals surface area (Å²) in [7, 11) is 1.67. The van der Waals surface area contributed by atoms with Gasteiger partial charge >= 0.3 is 0 Å². The first-order valence-corrected chi connectivity index (χ1v) is 7.08. The van der Waals surface area contributed by atoms with Crippen LogP contribution >= 0.6 is 0 Å². The summed E-state index contributed by atoms with van der Waals surface area (Å²) in [5.74, 6) is -0.218. The maximum absolute atomic E-state index is 12.5. The third-order valence-corrected chi connectivity index (χ3v) is 4.26. The molecule has 1 heterocycles. The van der Waals surface area contributed by atoms with Crippen LogP contribution in [0.1, 0.15) is 38.2 Å². The zero-order valence-corrected chi connectivity index (χ0v) is 12.4. The third kappa shape index (κ3) is 2.93. The first kappa shape index (κ1) is 14.8. The summed E-state index contributed by atoms with van der Waals surface area (Å²) >= 11 is 0. The van der Waals surface area contributed by atoms with E-state index < -0.39 is 5.54 Å². The van der Waals surface area contributed by atoms with E-state index in [-0.39, 0.29) is 17.4 Å². The second-order valence-corrected chi connectivity index (χ2v) is 6.11. The fraction of sp³-hybridized carbons (Fsp3) is 0.600. The topological polar surface area (TPSA) is 77.1 Å². The van der Waals surface area contributed by atoms with Crippen LogP contribution in [0.3, 0.4) is 0 Å². The summed E-state index contributed by atoms with van der Waals surface area (Å²) < 4.78 is 1.46. The molecule has 1 amide bonds. The summed E-state index contributed by atoms with van der Waals surface area (Å²) in [4.78, 5) is 24.0. The lowest BCUT2D eigenvalue weighted by Crippen LogP contribution is -2.51. The van der Waals surface area contributed by atoms with Crippen molar-refractivity contribution in [2.45, 2.75) is 45.1 Å². The number of rotatable bonds is 2. The Labute approximate surface area is 119 Å². The number of hydrogen-bond donors (Lipinski definition) is 2. The molecular weight excluding hydrogens is 254 g/mol. The van der Waals surface area contributed by atoms with Crippen LogP contribution in [-0.4, -0.2) is 16.0 Å². The molecule has 0 saturated heterocycles. The number of pyridine rings is 1. The van der Waals surface area contributed by atoms with E-state index in [4.69, 9.17) is 5.73 Å². The van der Waals surface area contributed by atoms with Gasteiger partial charge in [0.1, 0.15) is 0 Å². The Morgan fingerprint density at radius 2 is 2.20 bits per heavy atom. The van der Waals surface area contributed by atoms with Crippen LogP contribution in [-0.2, 0) is 11.8 Å². The highest BCUT2D eigenvalue weighted by molar-refractivity contribution is 5.94. The van der Waals surface area contributed by atoms with Crippen LogP contribution in [0, 0.1) is 12.8 Å². The van der Waals surface area contributed by atoms with E-state index in [1.807, 2.05) is 13.8 Å². The summed E-state index contributed by atoms with van der Waals surface area (Å²) in [6.07, 6.45) is 5.47. The molecule has 20 heavy (non-hydrogen) atoms. The molecule has 0 spiro atoms. The van der Waals surface area contributed by atoms with Gasteiger partial charge in [0.25, 0.3) is 5.56 Å². The molecule has 1 aliphatic rings. The minimum atomic E-state index is -0.448. The molecule has 1 aliphatic carbocycles. The second-order valence-electron chi connectivity index (χ2n) is 6.11. The summed E-state index contributed by atoms with van der Waals surface area (Å²) in [6, 6.07) is 1.53. The molecule has 5 heteroatoms. The first-order valence-electron chi connectivity index (χ1n) is 7.08. The number of nitrogens with two attached hydrogens (primary N) is 1. The molecule has 5 nitrogen and oxygen atoms in total. The molecule has 1 saturated carbocycles. The fourth-order valence-corrected chi connectivity index (χ4v) is 2.86. The lowest BCUT2D eigenvalue weighted by molar-refractivity contribution is -0.122. The van der Waals surface area contributed by atoms with Crippen LogP contribution < -0.4 is 16.6 Å². The van der Waals surface area contributed by atoms with Gasteiger partial charge in [-0.15, -0.1) is 0 Å². The second kappa shape index (κ2) is 5.40. The summed E-state index contributed by atoms with van der Waals surface area (Å²) in [6.45, 7) is 3.77. The van der Waals surface area contributed by atoms with E-state index in [9.17, 15) is 9.59 Å². The van der Waals surface area contributed by atoms with E-state index in [1.165, 1.54) is 10.6 Å². The molecule has 1 aromatic rings. The van der Waals surface area contributed by atoms with Crippen molar-refractivity contribution in [3.05, 3.63) is 28.2 Å². The Bertz CT molecular complexity index is 575. The SMILES string of the molecule is Cc1cc(=O)n(C)cc1NC(=O)C1CCCCC1(C)N. The molecule has 2 unspecified atom stereocenters. The Hall–Kier alpha value is -1.62. The van der Waals surface area contributed by atoms with Crippen LogP contribution in [0.25, 0.3) is 0 Å². The molecule has 0 aromatic carbocycles. The average molecular weight is 277 g/mol. The first-order chi connectivity index (χ1) is 9.31. The lowest BCUT2D eigenvalue weighted by Gasteiger charge is -2.37. The van der Waals surface area contributed by atoms with Gasteiger partial charge in [0.05, 0.1) is 11.6 Å². The van der Waals surface area contributed by atoms with Gasteiger partial charge in [0, 0.05) is 24.8 Å². The van der Waals surface area contributed by atoms with Gasteiger partial charge in [-0.25, -0.2) is 0 Å². The smallest absolute Gasteiger partial charge is 0.250 e. The number of hydrogen-bond acceptors (Lipinski definition) is 3. The quantitative estimate of drug-likeness (QED) is 0.861. The van der Waals surface area contributed by atoms with Crippen molar-refractivity contribution >= 4 is 11.6 Å². The minimum absolute atomic E-state index is 0.0450. The fourth-order valence-electron chi connectivity index (χ4n) is 2.86. The van der Waals surface area contributed by atoms with E-state index in [0.29, 0.717) is 5.69 Å². The zero-order valence-electron chi connectivity index (χ0n) is 12.4. The third-order valence-electron chi connectivity index (χ3n) is 4.26. The maximum atomic E-state index is 12.5. The van der Waals surface area contributed by atoms with Crippen LogP contribution in [0.5, 0.6) is 0 Å². The number of nitrogens with zero attached hydrogens (tertiary/aromatic N) is 1. The van der Waals surface area contributed by atoms with Gasteiger partial charge in [-0.3, -0.25) is 9.59 Å². The van der Waals surface area contributed by atoms with Crippen LogP contribution in [0.4, 0.5) is 5.69 Å². The number of aromatic nitrogens is 1. The number of nitrogens with one attached hydrogen (secondary N) is 1. The van der Waals surface area contributed by atoms with Crippen molar-refractivity contribution in [2.24, 2.45) is 18.7 Å². The van der Waals surface area contributed by atoms with Crippen molar-refractivity contribution in [1.29, 1.82) is 0 Å². The van der Waals surface area contributed by atoms with E-state index in [0.717, 1.165) is 31.2 Å². The highest BCUT2D eigenvalue weighted by atomic mass is 16.2. The highest BCUT2D eigenvalue weighted by Gasteiger charge is 2.37. The normalized spacial score (nSPS) is 26.3. The van der Waals surface area contributed by atoms with Gasteiger partial charge in [-0.05, 0) is 32.3 Å². The lowest BCUT2D eigenvalue weighted by atomic mass is 9.74. The van der Waals surface area contributed by atoms with Crippen molar-refractivity contribution in [1.82, 2.24) is 4.57 Å². The van der Waals surface area contributed by atoms with Crippen molar-refractivity contribution in [2.75, 3.05) is 5.32 Å². The van der Waals surface area contributed by atoms with Crippen molar-refractivity contribution in [3.8, 4) is 0 Å². The predicted octanol–water partition coefficient (Wildman–Crippen LogP) is 1.54. The summed E-state index contributed by atoms with van der Waals surface area (Å²) in [5.41, 5.74) is 7.18. The van der Waals surface area contributed by atoms with Crippen LogP contribution in [0.2, 0.25) is 0 Å². The molecule has 0 bridgehead atoms. The van der Waals surface area contributed by atoms with Gasteiger partial charge in [0.2, 0.25) is 5.91 Å².